The number of carboxylic acids is 1. The highest BCUT2D eigenvalue weighted by molar-refractivity contribution is 7.89. The number of carboxylic acid groups (broad SMARTS) is 1. The average Bonchev–Trinajstić information content (AvgIpc) is 2.95. The van der Waals surface area contributed by atoms with Gasteiger partial charge in [0.2, 0.25) is 10.0 Å². The van der Waals surface area contributed by atoms with Gasteiger partial charge in [-0.15, -0.1) is 0 Å². The maximum atomic E-state index is 13.1. The van der Waals surface area contributed by atoms with Gasteiger partial charge < -0.3 is 9.67 Å². The highest BCUT2D eigenvalue weighted by Crippen LogP contribution is 2.33. The van der Waals surface area contributed by atoms with Crippen molar-refractivity contribution >= 4 is 26.9 Å². The molecule has 0 bridgehead atoms. The van der Waals surface area contributed by atoms with Gasteiger partial charge >= 0.3 is 5.97 Å². The zero-order valence-corrected chi connectivity index (χ0v) is 15.1. The van der Waals surface area contributed by atoms with Crippen LogP contribution in [-0.2, 0) is 34.3 Å². The molecular formula is C19H17FN2O4S. The van der Waals surface area contributed by atoms with Crippen molar-refractivity contribution < 1.29 is 22.7 Å². The minimum Gasteiger partial charge on any atom is -0.480 e. The molecule has 0 aliphatic carbocycles. The van der Waals surface area contributed by atoms with Crippen LogP contribution in [0.15, 0.2) is 53.4 Å². The molecule has 1 aliphatic rings. The zero-order chi connectivity index (χ0) is 19.2. The van der Waals surface area contributed by atoms with Crippen LogP contribution in [0.4, 0.5) is 4.39 Å². The lowest BCUT2D eigenvalue weighted by molar-refractivity contribution is -0.137. The van der Waals surface area contributed by atoms with Gasteiger partial charge in [0.05, 0.1) is 11.4 Å². The van der Waals surface area contributed by atoms with Crippen molar-refractivity contribution in [2.45, 2.75) is 24.4 Å². The van der Waals surface area contributed by atoms with E-state index in [1.165, 1.54) is 16.4 Å². The van der Waals surface area contributed by atoms with Crippen molar-refractivity contribution in [2.75, 3.05) is 6.54 Å². The van der Waals surface area contributed by atoms with Crippen LogP contribution in [-0.4, -0.2) is 34.9 Å². The molecule has 0 saturated carbocycles. The SMILES string of the molecule is O=C(O)Cn1c2c(c3ccccc31)CCN(S(=O)(=O)c1ccc(F)cc1)C2. The largest absolute Gasteiger partial charge is 0.480 e. The summed E-state index contributed by atoms with van der Waals surface area (Å²) in [7, 11) is -3.80. The predicted molar refractivity (Wildman–Crippen MR) is 97.3 cm³/mol. The average molecular weight is 388 g/mol. The highest BCUT2D eigenvalue weighted by atomic mass is 32.2. The number of sulfonamides is 1. The number of hydrogen-bond acceptors (Lipinski definition) is 3. The van der Waals surface area contributed by atoms with Crippen molar-refractivity contribution in [2.24, 2.45) is 0 Å². The Morgan fingerprint density at radius 3 is 2.52 bits per heavy atom. The summed E-state index contributed by atoms with van der Waals surface area (Å²) in [6.07, 6.45) is 0.489. The first-order valence-corrected chi connectivity index (χ1v) is 9.88. The molecule has 0 spiro atoms. The molecule has 1 aromatic heterocycles. The number of aliphatic carboxylic acids is 1. The number of rotatable bonds is 4. The van der Waals surface area contributed by atoms with E-state index in [9.17, 15) is 22.7 Å². The van der Waals surface area contributed by atoms with Crippen LogP contribution in [0.5, 0.6) is 0 Å². The first-order valence-electron chi connectivity index (χ1n) is 8.44. The fourth-order valence-corrected chi connectivity index (χ4v) is 5.05. The maximum absolute atomic E-state index is 13.1. The minimum absolute atomic E-state index is 0.0215. The minimum atomic E-state index is -3.80. The molecule has 27 heavy (non-hydrogen) atoms. The van der Waals surface area contributed by atoms with Crippen LogP contribution >= 0.6 is 0 Å². The number of benzene rings is 2. The summed E-state index contributed by atoms with van der Waals surface area (Å²) in [5, 5.41) is 10.2. The van der Waals surface area contributed by atoms with Gasteiger partial charge in [-0.1, -0.05) is 18.2 Å². The second-order valence-electron chi connectivity index (χ2n) is 6.46. The first kappa shape index (κ1) is 17.7. The Morgan fingerprint density at radius 1 is 1.11 bits per heavy atom. The van der Waals surface area contributed by atoms with E-state index in [4.69, 9.17) is 0 Å². The fraction of sp³-hybridized carbons (Fsp3) is 0.211. The number of hydrogen-bond donors (Lipinski definition) is 1. The number of fused-ring (bicyclic) bond motifs is 3. The maximum Gasteiger partial charge on any atom is 0.323 e. The van der Waals surface area contributed by atoms with Crippen LogP contribution in [0, 0.1) is 5.82 Å². The molecule has 8 heteroatoms. The van der Waals surface area contributed by atoms with Crippen LogP contribution in [0.3, 0.4) is 0 Å². The van der Waals surface area contributed by atoms with E-state index in [0.29, 0.717) is 12.1 Å². The second-order valence-corrected chi connectivity index (χ2v) is 8.40. The normalized spacial score (nSPS) is 15.0. The van der Waals surface area contributed by atoms with Crippen LogP contribution in [0.2, 0.25) is 0 Å². The molecule has 0 atom stereocenters. The van der Waals surface area contributed by atoms with Crippen LogP contribution < -0.4 is 0 Å². The van der Waals surface area contributed by atoms with Crippen molar-refractivity contribution in [3.05, 3.63) is 65.6 Å². The van der Waals surface area contributed by atoms with Gasteiger partial charge in [-0.2, -0.15) is 4.31 Å². The van der Waals surface area contributed by atoms with Crippen molar-refractivity contribution in [1.82, 2.24) is 8.87 Å². The molecule has 4 rings (SSSR count). The van der Waals surface area contributed by atoms with Crippen molar-refractivity contribution in [3.63, 3.8) is 0 Å². The van der Waals surface area contributed by atoms with E-state index < -0.39 is 21.8 Å². The standard InChI is InChI=1S/C19H17FN2O4S/c20-13-5-7-14(8-6-13)27(25,26)21-10-9-16-15-3-1-2-4-17(15)22(12-19(23)24)18(16)11-21/h1-8H,9-12H2,(H,23,24). The monoisotopic (exact) mass is 388 g/mol. The summed E-state index contributed by atoms with van der Waals surface area (Å²) < 4.78 is 42.0. The molecule has 1 aliphatic heterocycles. The molecule has 140 valence electrons. The Balaban J connectivity index is 1.78. The summed E-state index contributed by atoms with van der Waals surface area (Å²) in [6.45, 7) is 0.130. The third-order valence-corrected chi connectivity index (χ3v) is 6.74. The van der Waals surface area contributed by atoms with Crippen LogP contribution in [0.1, 0.15) is 11.3 Å². The lowest BCUT2D eigenvalue weighted by Crippen LogP contribution is -2.36. The lowest BCUT2D eigenvalue weighted by Gasteiger charge is -2.27. The quantitative estimate of drug-likeness (QED) is 0.745. The van der Waals surface area contributed by atoms with Gasteiger partial charge in [-0.3, -0.25) is 4.79 Å². The second kappa shape index (κ2) is 6.47. The number of carbonyl (C=O) groups is 1. The Bertz CT molecular complexity index is 1140. The van der Waals surface area contributed by atoms with E-state index in [2.05, 4.69) is 0 Å². The predicted octanol–water partition coefficient (Wildman–Crippen LogP) is 2.61. The number of nitrogens with zero attached hydrogens (tertiary/aromatic N) is 2. The Kier molecular flexibility index (Phi) is 4.24. The highest BCUT2D eigenvalue weighted by Gasteiger charge is 2.32. The van der Waals surface area contributed by atoms with E-state index in [-0.39, 0.29) is 24.5 Å². The van der Waals surface area contributed by atoms with E-state index >= 15 is 0 Å². The Morgan fingerprint density at radius 2 is 1.81 bits per heavy atom. The molecule has 6 nitrogen and oxygen atoms in total. The van der Waals surface area contributed by atoms with Gasteiger partial charge in [-0.05, 0) is 42.3 Å². The molecule has 0 amide bonds. The van der Waals surface area contributed by atoms with Gasteiger partial charge in [-0.25, -0.2) is 12.8 Å². The first-order chi connectivity index (χ1) is 12.9. The smallest absolute Gasteiger partial charge is 0.323 e. The Labute approximate surface area is 155 Å². The molecule has 1 N–H and O–H groups in total. The summed E-state index contributed by atoms with van der Waals surface area (Å²) in [5.74, 6) is -1.49. The molecule has 0 radical (unpaired) electrons. The summed E-state index contributed by atoms with van der Waals surface area (Å²) in [4.78, 5) is 11.4. The van der Waals surface area contributed by atoms with Gasteiger partial charge in [0, 0.05) is 23.1 Å². The summed E-state index contributed by atoms with van der Waals surface area (Å²) >= 11 is 0. The molecule has 2 aromatic carbocycles. The van der Waals surface area contributed by atoms with Crippen molar-refractivity contribution in [3.8, 4) is 0 Å². The number of para-hydroxylation sites is 1. The molecule has 0 fully saturated rings. The van der Waals surface area contributed by atoms with E-state index in [1.807, 2.05) is 24.3 Å². The van der Waals surface area contributed by atoms with E-state index in [1.54, 1.807) is 4.57 Å². The molecule has 0 unspecified atom stereocenters. The van der Waals surface area contributed by atoms with Gasteiger partial charge in [0.15, 0.2) is 0 Å². The molecule has 0 saturated heterocycles. The number of aromatic nitrogens is 1. The molecular weight excluding hydrogens is 371 g/mol. The van der Waals surface area contributed by atoms with E-state index in [0.717, 1.165) is 28.6 Å². The number of halogens is 1. The summed E-state index contributed by atoms with van der Waals surface area (Å²) in [6, 6.07) is 12.2. The third-order valence-electron chi connectivity index (χ3n) is 4.88. The molecule has 3 aromatic rings. The lowest BCUT2D eigenvalue weighted by atomic mass is 10.0. The molecule has 2 heterocycles. The van der Waals surface area contributed by atoms with Crippen LogP contribution in [0.25, 0.3) is 10.9 Å². The van der Waals surface area contributed by atoms with Gasteiger partial charge in [0.25, 0.3) is 0 Å². The fourth-order valence-electron chi connectivity index (χ4n) is 3.65. The topological polar surface area (TPSA) is 79.6 Å². The zero-order valence-electron chi connectivity index (χ0n) is 14.3. The third kappa shape index (κ3) is 3.00. The van der Waals surface area contributed by atoms with Crippen molar-refractivity contribution in [1.29, 1.82) is 0 Å². The summed E-state index contributed by atoms with van der Waals surface area (Å²) in [5.41, 5.74) is 2.46. The van der Waals surface area contributed by atoms with Gasteiger partial charge in [0.1, 0.15) is 12.4 Å². The Hall–Kier alpha value is -2.71.